The van der Waals surface area contributed by atoms with Crippen LogP contribution in [-0.4, -0.2) is 14.2 Å². The van der Waals surface area contributed by atoms with Crippen molar-refractivity contribution >= 4 is 23.2 Å². The summed E-state index contributed by atoms with van der Waals surface area (Å²) in [6.45, 7) is 0. The van der Waals surface area contributed by atoms with E-state index in [1.54, 1.807) is 37.4 Å². The van der Waals surface area contributed by atoms with E-state index in [-0.39, 0.29) is 0 Å². The monoisotopic (exact) mass is 314 g/mol. The van der Waals surface area contributed by atoms with Crippen molar-refractivity contribution in [3.8, 4) is 11.5 Å². The first-order valence-corrected chi connectivity index (χ1v) is 6.69. The van der Waals surface area contributed by atoms with Gasteiger partial charge < -0.3 is 9.47 Å². The third-order valence-corrected chi connectivity index (χ3v) is 3.76. The molecular weight excluding hydrogens is 302 g/mol. The number of hydrogen-bond acceptors (Lipinski definition) is 2. The van der Waals surface area contributed by atoms with Crippen molar-refractivity contribution in [3.63, 3.8) is 0 Å². The highest BCUT2D eigenvalue weighted by atomic mass is 35.5. The van der Waals surface area contributed by atoms with Crippen LogP contribution in [0.4, 0.5) is 4.39 Å². The molecular formula is C15H13Cl2FO2. The summed E-state index contributed by atoms with van der Waals surface area (Å²) in [4.78, 5) is 0. The number of benzene rings is 2. The molecule has 0 amide bonds. The van der Waals surface area contributed by atoms with Gasteiger partial charge in [-0.15, -0.1) is 11.6 Å². The predicted molar refractivity (Wildman–Crippen MR) is 78.7 cm³/mol. The van der Waals surface area contributed by atoms with Crippen LogP contribution in [0.5, 0.6) is 11.5 Å². The Labute approximate surface area is 127 Å². The second-order valence-electron chi connectivity index (χ2n) is 4.14. The molecule has 0 spiro atoms. The van der Waals surface area contributed by atoms with Gasteiger partial charge in [0.15, 0.2) is 0 Å². The highest BCUT2D eigenvalue weighted by Crippen LogP contribution is 2.37. The number of ether oxygens (including phenoxy) is 2. The molecule has 0 aromatic heterocycles. The van der Waals surface area contributed by atoms with Crippen LogP contribution in [0.25, 0.3) is 0 Å². The average molecular weight is 315 g/mol. The van der Waals surface area contributed by atoms with Crippen molar-refractivity contribution in [3.05, 3.63) is 58.4 Å². The molecule has 106 valence electrons. The Hall–Kier alpha value is -1.45. The average Bonchev–Trinajstić information content (AvgIpc) is 2.46. The predicted octanol–water partition coefficient (Wildman–Crippen LogP) is 4.82. The fourth-order valence-electron chi connectivity index (χ4n) is 1.85. The lowest BCUT2D eigenvalue weighted by Crippen LogP contribution is -1.99. The first-order chi connectivity index (χ1) is 9.56. The Morgan fingerprint density at radius 1 is 0.950 bits per heavy atom. The first-order valence-electron chi connectivity index (χ1n) is 5.87. The first kappa shape index (κ1) is 14.9. The van der Waals surface area contributed by atoms with Gasteiger partial charge in [0.05, 0.1) is 19.6 Å². The fraction of sp³-hybridized carbons (Fsp3) is 0.200. The summed E-state index contributed by atoms with van der Waals surface area (Å²) in [5.41, 5.74) is 0.970. The molecule has 0 fully saturated rings. The SMILES string of the molecule is COc1ccc(C(Cl)c2ccc(OC)cc2Cl)c(F)c1. The Morgan fingerprint density at radius 3 is 2.00 bits per heavy atom. The normalized spacial score (nSPS) is 12.1. The van der Waals surface area contributed by atoms with Crippen molar-refractivity contribution in [1.29, 1.82) is 0 Å². The van der Waals surface area contributed by atoms with Gasteiger partial charge in [0, 0.05) is 16.7 Å². The molecule has 1 atom stereocenters. The maximum Gasteiger partial charge on any atom is 0.131 e. The number of rotatable bonds is 4. The highest BCUT2D eigenvalue weighted by Gasteiger charge is 2.18. The topological polar surface area (TPSA) is 18.5 Å². The maximum atomic E-state index is 14.0. The standard InChI is InChI=1S/C15H13Cl2FO2/c1-19-9-3-5-11(13(16)7-9)15(17)12-6-4-10(20-2)8-14(12)18/h3-8,15H,1-2H3. The van der Waals surface area contributed by atoms with Gasteiger partial charge in [0.1, 0.15) is 17.3 Å². The van der Waals surface area contributed by atoms with Crippen LogP contribution >= 0.6 is 23.2 Å². The number of methoxy groups -OCH3 is 2. The number of halogens is 3. The van der Waals surface area contributed by atoms with Crippen LogP contribution in [0.15, 0.2) is 36.4 Å². The molecule has 20 heavy (non-hydrogen) atoms. The van der Waals surface area contributed by atoms with Crippen LogP contribution in [0.1, 0.15) is 16.5 Å². The summed E-state index contributed by atoms with van der Waals surface area (Å²) in [6.07, 6.45) is 0. The van der Waals surface area contributed by atoms with Crippen molar-refractivity contribution in [2.45, 2.75) is 5.38 Å². The third-order valence-electron chi connectivity index (χ3n) is 2.96. The molecule has 0 N–H and O–H groups in total. The molecule has 0 aliphatic heterocycles. The zero-order chi connectivity index (χ0) is 14.7. The molecule has 0 radical (unpaired) electrons. The highest BCUT2D eigenvalue weighted by molar-refractivity contribution is 6.33. The van der Waals surface area contributed by atoms with Crippen molar-refractivity contribution < 1.29 is 13.9 Å². The minimum Gasteiger partial charge on any atom is -0.497 e. The summed E-state index contributed by atoms with van der Waals surface area (Å²) in [6, 6.07) is 9.65. The number of alkyl halides is 1. The molecule has 0 saturated carbocycles. The van der Waals surface area contributed by atoms with E-state index in [0.717, 1.165) is 0 Å². The second-order valence-corrected chi connectivity index (χ2v) is 4.98. The summed E-state index contributed by atoms with van der Waals surface area (Å²) >= 11 is 12.5. The Morgan fingerprint density at radius 2 is 1.50 bits per heavy atom. The van der Waals surface area contributed by atoms with Crippen LogP contribution in [0.2, 0.25) is 5.02 Å². The van der Waals surface area contributed by atoms with Gasteiger partial charge >= 0.3 is 0 Å². The van der Waals surface area contributed by atoms with Crippen LogP contribution in [0.3, 0.4) is 0 Å². The lowest BCUT2D eigenvalue weighted by atomic mass is 10.0. The van der Waals surface area contributed by atoms with Gasteiger partial charge in [-0.25, -0.2) is 4.39 Å². The quantitative estimate of drug-likeness (QED) is 0.753. The van der Waals surface area contributed by atoms with Gasteiger partial charge in [-0.2, -0.15) is 0 Å². The molecule has 5 heteroatoms. The van der Waals surface area contributed by atoms with Crippen molar-refractivity contribution in [2.24, 2.45) is 0 Å². The van der Waals surface area contributed by atoms with E-state index >= 15 is 0 Å². The van der Waals surface area contributed by atoms with Crippen LogP contribution in [-0.2, 0) is 0 Å². The minimum absolute atomic E-state index is 0.347. The molecule has 2 aromatic carbocycles. The van der Waals surface area contributed by atoms with E-state index < -0.39 is 11.2 Å². The smallest absolute Gasteiger partial charge is 0.131 e. The molecule has 0 heterocycles. The van der Waals surface area contributed by atoms with E-state index in [0.29, 0.717) is 27.6 Å². The molecule has 2 nitrogen and oxygen atoms in total. The van der Waals surface area contributed by atoms with E-state index in [2.05, 4.69) is 0 Å². The zero-order valence-electron chi connectivity index (χ0n) is 11.0. The summed E-state index contributed by atoms with van der Waals surface area (Å²) < 4.78 is 24.1. The van der Waals surface area contributed by atoms with Gasteiger partial charge in [-0.3, -0.25) is 0 Å². The second kappa shape index (κ2) is 6.33. The van der Waals surface area contributed by atoms with Gasteiger partial charge in [-0.1, -0.05) is 23.7 Å². The van der Waals surface area contributed by atoms with Gasteiger partial charge in [0.25, 0.3) is 0 Å². The van der Waals surface area contributed by atoms with E-state index in [1.807, 2.05) is 0 Å². The molecule has 2 aromatic rings. The Kier molecular flexibility index (Phi) is 4.73. The van der Waals surface area contributed by atoms with Crippen LogP contribution in [0, 0.1) is 5.82 Å². The van der Waals surface area contributed by atoms with E-state index in [4.69, 9.17) is 32.7 Å². The molecule has 1 unspecified atom stereocenters. The Bertz CT molecular complexity index is 563. The number of hydrogen-bond donors (Lipinski definition) is 0. The van der Waals surface area contributed by atoms with Gasteiger partial charge in [-0.05, 0) is 23.8 Å². The lowest BCUT2D eigenvalue weighted by molar-refractivity contribution is 0.410. The summed E-state index contributed by atoms with van der Waals surface area (Å²) in [5.74, 6) is 0.630. The fourth-order valence-corrected chi connectivity index (χ4v) is 2.55. The summed E-state index contributed by atoms with van der Waals surface area (Å²) in [7, 11) is 3.03. The Balaban J connectivity index is 2.38. The zero-order valence-corrected chi connectivity index (χ0v) is 12.5. The third kappa shape index (κ3) is 3.00. The van der Waals surface area contributed by atoms with Crippen molar-refractivity contribution in [1.82, 2.24) is 0 Å². The molecule has 0 aliphatic carbocycles. The van der Waals surface area contributed by atoms with Crippen LogP contribution < -0.4 is 9.47 Å². The van der Waals surface area contributed by atoms with Gasteiger partial charge in [0.2, 0.25) is 0 Å². The minimum atomic E-state index is -0.681. The molecule has 0 saturated heterocycles. The van der Waals surface area contributed by atoms with E-state index in [9.17, 15) is 4.39 Å². The summed E-state index contributed by atoms with van der Waals surface area (Å²) in [5, 5.41) is -0.251. The van der Waals surface area contributed by atoms with Crippen molar-refractivity contribution in [2.75, 3.05) is 14.2 Å². The largest absolute Gasteiger partial charge is 0.497 e. The lowest BCUT2D eigenvalue weighted by Gasteiger charge is -2.14. The van der Waals surface area contributed by atoms with E-state index in [1.165, 1.54) is 13.2 Å². The molecule has 2 rings (SSSR count). The molecule has 0 bridgehead atoms. The maximum absolute atomic E-state index is 14.0. The molecule has 0 aliphatic rings.